The number of anilines is 1. The Bertz CT molecular complexity index is 1030. The topological polar surface area (TPSA) is 46.6 Å². The number of benzene rings is 2. The number of carbonyl (C=O) groups excluding carboxylic acids is 2. The van der Waals surface area contributed by atoms with E-state index in [1.165, 1.54) is 22.4 Å². The van der Waals surface area contributed by atoms with E-state index in [9.17, 15) is 9.59 Å². The van der Waals surface area contributed by atoms with Gasteiger partial charge < -0.3 is 4.74 Å². The van der Waals surface area contributed by atoms with E-state index in [4.69, 9.17) is 4.74 Å². The zero-order valence-corrected chi connectivity index (χ0v) is 17.2. The van der Waals surface area contributed by atoms with Crippen molar-refractivity contribution in [3.8, 4) is 0 Å². The van der Waals surface area contributed by atoms with Crippen molar-refractivity contribution in [1.29, 1.82) is 0 Å². The Hall–Kier alpha value is -2.46. The molecule has 0 N–H and O–H groups in total. The molecule has 2 bridgehead atoms. The highest BCUT2D eigenvalue weighted by Crippen LogP contribution is 2.63. The van der Waals surface area contributed by atoms with Crippen molar-refractivity contribution in [2.75, 3.05) is 4.90 Å². The van der Waals surface area contributed by atoms with Crippen LogP contribution >= 0.6 is 0 Å². The molecular formula is C26H27NO3. The van der Waals surface area contributed by atoms with E-state index in [-0.39, 0.29) is 17.7 Å². The molecule has 2 amide bonds. The molecule has 2 aromatic carbocycles. The minimum absolute atomic E-state index is 0.0642. The minimum atomic E-state index is -1.03. The summed E-state index contributed by atoms with van der Waals surface area (Å²) in [5, 5.41) is 0. The first-order chi connectivity index (χ1) is 14.7. The first-order valence-electron chi connectivity index (χ1n) is 11.4. The number of morpholine rings is 1. The molecule has 0 aromatic heterocycles. The van der Waals surface area contributed by atoms with Gasteiger partial charge in [-0.15, -0.1) is 0 Å². The Kier molecular flexibility index (Phi) is 3.98. The van der Waals surface area contributed by atoms with Gasteiger partial charge in [0.2, 0.25) is 0 Å². The summed E-state index contributed by atoms with van der Waals surface area (Å²) >= 11 is 0. The van der Waals surface area contributed by atoms with Crippen LogP contribution in [0.3, 0.4) is 0 Å². The lowest BCUT2D eigenvalue weighted by Gasteiger charge is -2.65. The van der Waals surface area contributed by atoms with Crippen LogP contribution in [-0.4, -0.2) is 17.4 Å². The predicted octanol–water partition coefficient (Wildman–Crippen LogP) is 4.68. The van der Waals surface area contributed by atoms with Crippen LogP contribution in [0.25, 0.3) is 0 Å². The SMILES string of the molecule is O=C1N(c2cccc3c2CCCC3)C(=O)[C@@]2(c3ccccc3)O[C@@]13CCCCC[C@@H]32. The molecule has 2 aromatic rings. The molecule has 0 radical (unpaired) electrons. The number of hydrogen-bond donors (Lipinski definition) is 0. The lowest BCUT2D eigenvalue weighted by Crippen LogP contribution is -2.82. The van der Waals surface area contributed by atoms with Gasteiger partial charge in [-0.05, 0) is 61.3 Å². The number of amides is 2. The fourth-order valence-electron chi connectivity index (χ4n) is 6.47. The lowest BCUT2D eigenvalue weighted by atomic mass is 9.59. The van der Waals surface area contributed by atoms with E-state index in [2.05, 4.69) is 6.07 Å². The van der Waals surface area contributed by atoms with E-state index in [0.717, 1.165) is 56.2 Å². The molecule has 3 saturated heterocycles. The second-order valence-corrected chi connectivity index (χ2v) is 9.31. The Morgan fingerprint density at radius 3 is 2.53 bits per heavy atom. The van der Waals surface area contributed by atoms with Gasteiger partial charge in [0.25, 0.3) is 11.8 Å². The minimum Gasteiger partial charge on any atom is -0.343 e. The van der Waals surface area contributed by atoms with Crippen LogP contribution in [0.1, 0.15) is 61.6 Å². The van der Waals surface area contributed by atoms with Gasteiger partial charge in [-0.25, -0.2) is 4.90 Å². The smallest absolute Gasteiger partial charge is 0.271 e. The van der Waals surface area contributed by atoms with Crippen molar-refractivity contribution in [2.45, 2.75) is 69.0 Å². The number of hydrogen-bond acceptors (Lipinski definition) is 3. The molecule has 3 atom stereocenters. The van der Waals surface area contributed by atoms with Gasteiger partial charge in [-0.1, -0.05) is 61.7 Å². The normalized spacial score (nSPS) is 32.7. The van der Waals surface area contributed by atoms with E-state index in [1.807, 2.05) is 42.5 Å². The zero-order valence-electron chi connectivity index (χ0n) is 17.2. The summed E-state index contributed by atoms with van der Waals surface area (Å²) in [6.07, 6.45) is 8.92. The maximum atomic E-state index is 14.1. The average molecular weight is 402 g/mol. The second-order valence-electron chi connectivity index (χ2n) is 9.31. The number of rotatable bonds is 2. The van der Waals surface area contributed by atoms with Crippen LogP contribution in [0.4, 0.5) is 5.69 Å². The maximum Gasteiger partial charge on any atom is 0.271 e. The van der Waals surface area contributed by atoms with Gasteiger partial charge in [0.15, 0.2) is 11.2 Å². The molecule has 1 saturated carbocycles. The third-order valence-corrected chi connectivity index (χ3v) is 7.84. The van der Waals surface area contributed by atoms with Crippen molar-refractivity contribution in [3.63, 3.8) is 0 Å². The number of fused-ring (bicyclic) bond motifs is 3. The number of imide groups is 1. The van der Waals surface area contributed by atoms with Gasteiger partial charge in [-0.2, -0.15) is 0 Å². The average Bonchev–Trinajstić information content (AvgIpc) is 2.95. The van der Waals surface area contributed by atoms with Crippen LogP contribution in [0.5, 0.6) is 0 Å². The fourth-order valence-corrected chi connectivity index (χ4v) is 6.47. The highest BCUT2D eigenvalue weighted by Gasteiger charge is 2.78. The van der Waals surface area contributed by atoms with Crippen molar-refractivity contribution >= 4 is 17.5 Å². The van der Waals surface area contributed by atoms with Crippen LogP contribution in [-0.2, 0) is 32.8 Å². The van der Waals surface area contributed by atoms with Crippen molar-refractivity contribution in [2.24, 2.45) is 5.92 Å². The number of ether oxygens (including phenoxy) is 1. The molecule has 30 heavy (non-hydrogen) atoms. The van der Waals surface area contributed by atoms with Crippen LogP contribution in [0.15, 0.2) is 48.5 Å². The molecule has 1 spiro atoms. The van der Waals surface area contributed by atoms with Gasteiger partial charge in [0, 0.05) is 5.92 Å². The van der Waals surface area contributed by atoms with Gasteiger partial charge in [0.05, 0.1) is 5.69 Å². The largest absolute Gasteiger partial charge is 0.343 e. The monoisotopic (exact) mass is 401 g/mol. The molecule has 0 unspecified atom stereocenters. The molecule has 2 aliphatic carbocycles. The number of nitrogens with zero attached hydrogens (tertiary/aromatic N) is 1. The van der Waals surface area contributed by atoms with Gasteiger partial charge in [-0.3, -0.25) is 9.59 Å². The predicted molar refractivity (Wildman–Crippen MR) is 114 cm³/mol. The van der Waals surface area contributed by atoms with Crippen LogP contribution in [0.2, 0.25) is 0 Å². The number of carbonyl (C=O) groups is 2. The summed E-state index contributed by atoms with van der Waals surface area (Å²) < 4.78 is 6.50. The Labute approximate surface area is 177 Å². The molecule has 7 rings (SSSR count). The molecular weight excluding hydrogens is 374 g/mol. The van der Waals surface area contributed by atoms with E-state index in [0.29, 0.717) is 6.42 Å². The van der Waals surface area contributed by atoms with Crippen molar-refractivity contribution in [3.05, 3.63) is 65.2 Å². The fraction of sp³-hybridized carbons (Fsp3) is 0.462. The van der Waals surface area contributed by atoms with Crippen molar-refractivity contribution in [1.82, 2.24) is 0 Å². The molecule has 4 nitrogen and oxygen atoms in total. The summed E-state index contributed by atoms with van der Waals surface area (Å²) in [6.45, 7) is 0. The summed E-state index contributed by atoms with van der Waals surface area (Å²) in [6, 6.07) is 16.0. The Balaban J connectivity index is 1.54. The molecule has 5 aliphatic rings. The third-order valence-electron chi connectivity index (χ3n) is 7.84. The third kappa shape index (κ3) is 2.20. The second kappa shape index (κ2) is 6.52. The molecule has 3 aliphatic heterocycles. The van der Waals surface area contributed by atoms with Gasteiger partial charge in [0.1, 0.15) is 0 Å². The molecule has 3 heterocycles. The summed E-state index contributed by atoms with van der Waals surface area (Å²) in [5.74, 6) is -0.381. The van der Waals surface area contributed by atoms with Crippen molar-refractivity contribution < 1.29 is 14.3 Å². The Morgan fingerprint density at radius 2 is 1.67 bits per heavy atom. The summed E-state index contributed by atoms with van der Waals surface area (Å²) in [7, 11) is 0. The highest BCUT2D eigenvalue weighted by atomic mass is 16.6. The number of piperidine rings is 1. The molecule has 4 heteroatoms. The number of aryl methyl sites for hydroxylation is 1. The van der Waals surface area contributed by atoms with Crippen LogP contribution < -0.4 is 4.90 Å². The summed E-state index contributed by atoms with van der Waals surface area (Å²) in [4.78, 5) is 29.6. The van der Waals surface area contributed by atoms with Crippen LogP contribution in [0, 0.1) is 5.92 Å². The van der Waals surface area contributed by atoms with Gasteiger partial charge >= 0.3 is 0 Å². The maximum absolute atomic E-state index is 14.1. The first kappa shape index (κ1) is 18.3. The Morgan fingerprint density at radius 1 is 0.833 bits per heavy atom. The van der Waals surface area contributed by atoms with E-state index in [1.54, 1.807) is 0 Å². The zero-order chi connectivity index (χ0) is 20.3. The summed E-state index contributed by atoms with van der Waals surface area (Å²) in [5.41, 5.74) is 2.27. The van der Waals surface area contributed by atoms with E-state index < -0.39 is 11.2 Å². The molecule has 154 valence electrons. The molecule has 4 fully saturated rings. The standard InChI is InChI=1S/C26H27NO3/c28-23-25-17-8-2-5-16-22(25)26(30-25,19-12-3-1-4-13-19)24(29)27(23)21-15-9-11-18-10-6-7-14-20(18)21/h1,3-4,9,11-13,15,22H,2,5-8,10,14,16-17H2/t22-,25+,26-/m0/s1. The van der Waals surface area contributed by atoms with E-state index >= 15 is 0 Å². The lowest BCUT2D eigenvalue weighted by molar-refractivity contribution is -0.311. The highest BCUT2D eigenvalue weighted by molar-refractivity contribution is 6.25. The first-order valence-corrected chi connectivity index (χ1v) is 11.4. The quantitative estimate of drug-likeness (QED) is 0.686.